The van der Waals surface area contributed by atoms with Gasteiger partial charge in [0.15, 0.2) is 0 Å². The number of phenolic OH excluding ortho intramolecular Hbond substituents is 1. The lowest BCUT2D eigenvalue weighted by molar-refractivity contribution is 0.102. The lowest BCUT2D eigenvalue weighted by Gasteiger charge is -2.07. The van der Waals surface area contributed by atoms with E-state index in [9.17, 15) is 9.90 Å². The van der Waals surface area contributed by atoms with Gasteiger partial charge in [-0.15, -0.1) is 0 Å². The molecule has 0 saturated carbocycles. The average Bonchev–Trinajstić information content (AvgIpc) is 2.37. The number of aromatic hydroxyl groups is 1. The van der Waals surface area contributed by atoms with E-state index in [-0.39, 0.29) is 11.7 Å². The third-order valence-corrected chi connectivity index (χ3v) is 3.38. The van der Waals surface area contributed by atoms with Gasteiger partial charge in [0.1, 0.15) is 5.75 Å². The predicted octanol–water partition coefficient (Wildman–Crippen LogP) is 4.26. The number of aryl methyl sites for hydroxylation is 1. The van der Waals surface area contributed by atoms with Crippen molar-refractivity contribution in [3.63, 3.8) is 0 Å². The summed E-state index contributed by atoms with van der Waals surface area (Å²) in [5.41, 5.74) is 1.71. The Morgan fingerprint density at radius 2 is 1.84 bits per heavy atom. The van der Waals surface area contributed by atoms with Crippen molar-refractivity contribution in [2.75, 3.05) is 5.32 Å². The summed E-state index contributed by atoms with van der Waals surface area (Å²) in [4.78, 5) is 12.0. The van der Waals surface area contributed by atoms with Gasteiger partial charge in [-0.2, -0.15) is 0 Å². The van der Waals surface area contributed by atoms with Crippen LogP contribution in [0.2, 0.25) is 10.0 Å². The van der Waals surface area contributed by atoms with Crippen LogP contribution in [0.1, 0.15) is 15.9 Å². The van der Waals surface area contributed by atoms with Crippen molar-refractivity contribution in [1.82, 2.24) is 0 Å². The zero-order chi connectivity index (χ0) is 14.0. The SMILES string of the molecule is Cc1cc(NC(=O)c2ccc(Cl)c(Cl)c2)ccc1O. The number of hydrogen-bond donors (Lipinski definition) is 2. The van der Waals surface area contributed by atoms with Crippen molar-refractivity contribution < 1.29 is 9.90 Å². The number of nitrogens with one attached hydrogen (secondary N) is 1. The largest absolute Gasteiger partial charge is 0.508 e. The van der Waals surface area contributed by atoms with E-state index in [1.54, 1.807) is 31.2 Å². The number of benzene rings is 2. The first-order chi connectivity index (χ1) is 8.97. The van der Waals surface area contributed by atoms with Crippen LogP contribution >= 0.6 is 23.2 Å². The van der Waals surface area contributed by atoms with E-state index in [4.69, 9.17) is 23.2 Å². The fourth-order valence-corrected chi connectivity index (χ4v) is 1.87. The Hall–Kier alpha value is -1.71. The van der Waals surface area contributed by atoms with E-state index in [1.807, 2.05) is 0 Å². The van der Waals surface area contributed by atoms with Crippen LogP contribution in [0, 0.1) is 6.92 Å². The standard InChI is InChI=1S/C14H11Cl2NO2/c1-8-6-10(3-5-13(8)18)17-14(19)9-2-4-11(15)12(16)7-9/h2-7,18H,1H3,(H,17,19). The van der Waals surface area contributed by atoms with Crippen LogP contribution in [0.5, 0.6) is 5.75 Å². The normalized spacial score (nSPS) is 10.3. The summed E-state index contributed by atoms with van der Waals surface area (Å²) < 4.78 is 0. The van der Waals surface area contributed by atoms with Crippen LogP contribution in [0.15, 0.2) is 36.4 Å². The summed E-state index contributed by atoms with van der Waals surface area (Å²) in [7, 11) is 0. The maximum Gasteiger partial charge on any atom is 0.255 e. The maximum atomic E-state index is 12.0. The summed E-state index contributed by atoms with van der Waals surface area (Å²) in [6.45, 7) is 1.75. The van der Waals surface area contributed by atoms with Crippen LogP contribution < -0.4 is 5.32 Å². The van der Waals surface area contributed by atoms with Crippen molar-refractivity contribution in [2.45, 2.75) is 6.92 Å². The Balaban J connectivity index is 2.20. The van der Waals surface area contributed by atoms with E-state index in [0.717, 1.165) is 0 Å². The van der Waals surface area contributed by atoms with Gasteiger partial charge in [-0.05, 0) is 48.9 Å². The van der Waals surface area contributed by atoms with Gasteiger partial charge in [0.05, 0.1) is 10.0 Å². The molecular formula is C14H11Cl2NO2. The molecule has 0 saturated heterocycles. The first-order valence-electron chi connectivity index (χ1n) is 5.53. The minimum atomic E-state index is -0.288. The van der Waals surface area contributed by atoms with Gasteiger partial charge in [0, 0.05) is 11.3 Å². The molecule has 1 amide bonds. The third-order valence-electron chi connectivity index (χ3n) is 2.64. The summed E-state index contributed by atoms with van der Waals surface area (Å²) in [6, 6.07) is 9.51. The molecule has 2 N–H and O–H groups in total. The van der Waals surface area contributed by atoms with E-state index < -0.39 is 0 Å². The van der Waals surface area contributed by atoms with Crippen molar-refractivity contribution in [3.05, 3.63) is 57.6 Å². The second-order valence-corrected chi connectivity index (χ2v) is 4.90. The van der Waals surface area contributed by atoms with E-state index >= 15 is 0 Å². The molecule has 0 heterocycles. The van der Waals surface area contributed by atoms with Crippen molar-refractivity contribution in [3.8, 4) is 5.75 Å². The minimum Gasteiger partial charge on any atom is -0.508 e. The van der Waals surface area contributed by atoms with E-state index in [1.165, 1.54) is 12.1 Å². The van der Waals surface area contributed by atoms with Gasteiger partial charge >= 0.3 is 0 Å². The molecule has 0 atom stereocenters. The first kappa shape index (κ1) is 13.7. The first-order valence-corrected chi connectivity index (χ1v) is 6.29. The van der Waals surface area contributed by atoms with Crippen LogP contribution in [0.3, 0.4) is 0 Å². The zero-order valence-electron chi connectivity index (χ0n) is 10.1. The monoisotopic (exact) mass is 295 g/mol. The van der Waals surface area contributed by atoms with Crippen molar-refractivity contribution >= 4 is 34.8 Å². The van der Waals surface area contributed by atoms with Crippen LogP contribution in [-0.4, -0.2) is 11.0 Å². The second kappa shape index (κ2) is 5.51. The number of carbonyl (C=O) groups excluding carboxylic acids is 1. The zero-order valence-corrected chi connectivity index (χ0v) is 11.6. The van der Waals surface area contributed by atoms with Crippen LogP contribution in [0.25, 0.3) is 0 Å². The number of rotatable bonds is 2. The van der Waals surface area contributed by atoms with Gasteiger partial charge in [0.2, 0.25) is 0 Å². The predicted molar refractivity (Wildman–Crippen MR) is 77.3 cm³/mol. The quantitative estimate of drug-likeness (QED) is 0.813. The molecule has 0 radical (unpaired) electrons. The topological polar surface area (TPSA) is 49.3 Å². The molecular weight excluding hydrogens is 285 g/mol. The fourth-order valence-electron chi connectivity index (χ4n) is 1.57. The molecule has 0 aromatic heterocycles. The summed E-state index contributed by atoms with van der Waals surface area (Å²) in [5.74, 6) is -0.101. The minimum absolute atomic E-state index is 0.188. The van der Waals surface area contributed by atoms with Gasteiger partial charge in [-0.25, -0.2) is 0 Å². The van der Waals surface area contributed by atoms with Crippen LogP contribution in [-0.2, 0) is 0 Å². The molecule has 0 bridgehead atoms. The highest BCUT2D eigenvalue weighted by Crippen LogP contribution is 2.24. The number of phenols is 1. The number of carbonyl (C=O) groups is 1. The third kappa shape index (κ3) is 3.19. The highest BCUT2D eigenvalue weighted by Gasteiger charge is 2.09. The summed E-state index contributed by atoms with van der Waals surface area (Å²) in [6.07, 6.45) is 0. The highest BCUT2D eigenvalue weighted by atomic mass is 35.5. The molecule has 98 valence electrons. The summed E-state index contributed by atoms with van der Waals surface area (Å²) in [5, 5.41) is 12.9. The molecule has 2 aromatic carbocycles. The molecule has 0 aliphatic heterocycles. The smallest absolute Gasteiger partial charge is 0.255 e. The molecule has 0 fully saturated rings. The number of hydrogen-bond acceptors (Lipinski definition) is 2. The number of amides is 1. The molecule has 3 nitrogen and oxygen atoms in total. The fraction of sp³-hybridized carbons (Fsp3) is 0.0714. The van der Waals surface area contributed by atoms with Gasteiger partial charge in [0.25, 0.3) is 5.91 Å². The second-order valence-electron chi connectivity index (χ2n) is 4.08. The van der Waals surface area contributed by atoms with Crippen molar-refractivity contribution in [1.29, 1.82) is 0 Å². The average molecular weight is 296 g/mol. The Morgan fingerprint density at radius 1 is 1.11 bits per heavy atom. The Morgan fingerprint density at radius 3 is 2.47 bits per heavy atom. The maximum absolute atomic E-state index is 12.0. The lowest BCUT2D eigenvalue weighted by atomic mass is 10.1. The van der Waals surface area contributed by atoms with Gasteiger partial charge in [-0.3, -0.25) is 4.79 Å². The Kier molecular flexibility index (Phi) is 3.98. The summed E-state index contributed by atoms with van der Waals surface area (Å²) >= 11 is 11.7. The molecule has 0 aliphatic carbocycles. The molecule has 5 heteroatoms. The number of halogens is 2. The van der Waals surface area contributed by atoms with Gasteiger partial charge < -0.3 is 10.4 Å². The van der Waals surface area contributed by atoms with E-state index in [2.05, 4.69) is 5.32 Å². The molecule has 2 rings (SSSR count). The molecule has 0 unspecified atom stereocenters. The number of anilines is 1. The Bertz CT molecular complexity index is 641. The van der Waals surface area contributed by atoms with Crippen molar-refractivity contribution in [2.24, 2.45) is 0 Å². The van der Waals surface area contributed by atoms with Crippen LogP contribution in [0.4, 0.5) is 5.69 Å². The molecule has 0 spiro atoms. The van der Waals surface area contributed by atoms with E-state index in [0.29, 0.717) is 26.9 Å². The molecule has 0 aliphatic rings. The van der Waals surface area contributed by atoms with Gasteiger partial charge in [-0.1, -0.05) is 23.2 Å². The lowest BCUT2D eigenvalue weighted by Crippen LogP contribution is -2.11. The highest BCUT2D eigenvalue weighted by molar-refractivity contribution is 6.42. The molecule has 2 aromatic rings. The Labute approximate surface area is 120 Å². The molecule has 19 heavy (non-hydrogen) atoms.